The molecule has 0 unspecified atom stereocenters. The van der Waals surface area contributed by atoms with Crippen molar-refractivity contribution < 1.29 is 4.79 Å². The summed E-state index contributed by atoms with van der Waals surface area (Å²) in [5.41, 5.74) is 7.94. The second-order valence-electron chi connectivity index (χ2n) is 5.82. The highest BCUT2D eigenvalue weighted by molar-refractivity contribution is 5.86. The maximum absolute atomic E-state index is 12.3. The average molecular weight is 260 g/mol. The lowest BCUT2D eigenvalue weighted by Gasteiger charge is -2.33. The van der Waals surface area contributed by atoms with Gasteiger partial charge >= 0.3 is 0 Å². The van der Waals surface area contributed by atoms with E-state index < -0.39 is 5.54 Å². The van der Waals surface area contributed by atoms with Crippen LogP contribution < -0.4 is 11.1 Å². The summed E-state index contributed by atoms with van der Waals surface area (Å²) in [6.45, 7) is 4.07. The second kappa shape index (κ2) is 5.74. The van der Waals surface area contributed by atoms with Crippen LogP contribution in [0, 0.1) is 6.92 Å². The first kappa shape index (κ1) is 14.1. The van der Waals surface area contributed by atoms with Crippen LogP contribution >= 0.6 is 0 Å². The van der Waals surface area contributed by atoms with Gasteiger partial charge in [-0.1, -0.05) is 49.1 Å². The summed E-state index contributed by atoms with van der Waals surface area (Å²) < 4.78 is 0. The summed E-state index contributed by atoms with van der Waals surface area (Å²) in [4.78, 5) is 12.3. The third-order valence-corrected chi connectivity index (χ3v) is 4.12. The van der Waals surface area contributed by atoms with Gasteiger partial charge in [-0.25, -0.2) is 0 Å². The zero-order chi connectivity index (χ0) is 13.9. The van der Waals surface area contributed by atoms with Crippen molar-refractivity contribution in [2.24, 2.45) is 5.73 Å². The van der Waals surface area contributed by atoms with Gasteiger partial charge in [-0.05, 0) is 32.3 Å². The molecule has 3 heteroatoms. The van der Waals surface area contributed by atoms with Gasteiger partial charge in [-0.15, -0.1) is 0 Å². The van der Waals surface area contributed by atoms with Gasteiger partial charge in [-0.2, -0.15) is 0 Å². The van der Waals surface area contributed by atoms with Crippen LogP contribution in [0.15, 0.2) is 24.3 Å². The molecular formula is C16H24N2O. The molecule has 1 saturated carbocycles. The SMILES string of the molecule is Cc1ccc([C@H](C)NC(=O)C2(N)CCCCC2)cc1. The number of amides is 1. The van der Waals surface area contributed by atoms with E-state index in [1.165, 1.54) is 12.0 Å². The molecule has 19 heavy (non-hydrogen) atoms. The van der Waals surface area contributed by atoms with Crippen molar-refractivity contribution in [2.75, 3.05) is 0 Å². The number of benzene rings is 1. The van der Waals surface area contributed by atoms with Crippen molar-refractivity contribution in [3.8, 4) is 0 Å². The summed E-state index contributed by atoms with van der Waals surface area (Å²) >= 11 is 0. The van der Waals surface area contributed by atoms with Crippen molar-refractivity contribution in [3.05, 3.63) is 35.4 Å². The van der Waals surface area contributed by atoms with E-state index in [-0.39, 0.29) is 11.9 Å². The van der Waals surface area contributed by atoms with Gasteiger partial charge in [0.1, 0.15) is 0 Å². The Labute approximate surface area is 115 Å². The van der Waals surface area contributed by atoms with Crippen molar-refractivity contribution >= 4 is 5.91 Å². The van der Waals surface area contributed by atoms with E-state index in [0.717, 1.165) is 31.2 Å². The van der Waals surface area contributed by atoms with Crippen molar-refractivity contribution in [3.63, 3.8) is 0 Å². The number of hydrogen-bond acceptors (Lipinski definition) is 2. The molecular weight excluding hydrogens is 236 g/mol. The molecule has 1 aliphatic rings. The topological polar surface area (TPSA) is 55.1 Å². The Morgan fingerprint density at radius 3 is 2.37 bits per heavy atom. The van der Waals surface area contributed by atoms with Crippen molar-refractivity contribution in [1.82, 2.24) is 5.32 Å². The van der Waals surface area contributed by atoms with Gasteiger partial charge in [-0.3, -0.25) is 4.79 Å². The number of rotatable bonds is 3. The van der Waals surface area contributed by atoms with Gasteiger partial charge in [0.2, 0.25) is 5.91 Å². The summed E-state index contributed by atoms with van der Waals surface area (Å²) in [7, 11) is 0. The molecule has 3 nitrogen and oxygen atoms in total. The molecule has 0 radical (unpaired) electrons. The average Bonchev–Trinajstić information content (AvgIpc) is 2.40. The summed E-state index contributed by atoms with van der Waals surface area (Å²) in [6, 6.07) is 8.26. The Morgan fingerprint density at radius 2 is 1.79 bits per heavy atom. The number of hydrogen-bond donors (Lipinski definition) is 2. The van der Waals surface area contributed by atoms with Crippen LogP contribution in [0.3, 0.4) is 0 Å². The smallest absolute Gasteiger partial charge is 0.240 e. The number of nitrogens with one attached hydrogen (secondary N) is 1. The standard InChI is InChI=1S/C16H24N2O/c1-12-6-8-14(9-7-12)13(2)18-15(19)16(17)10-4-3-5-11-16/h6-9,13H,3-5,10-11,17H2,1-2H3,(H,18,19)/t13-/m0/s1. The minimum absolute atomic E-state index is 0.000255. The van der Waals surface area contributed by atoms with Crippen LogP contribution in [0.5, 0.6) is 0 Å². The molecule has 0 aromatic heterocycles. The second-order valence-corrected chi connectivity index (χ2v) is 5.82. The molecule has 0 heterocycles. The van der Waals surface area contributed by atoms with Crippen LogP contribution in [0.1, 0.15) is 56.2 Å². The quantitative estimate of drug-likeness (QED) is 0.878. The third kappa shape index (κ3) is 3.35. The predicted octanol–water partition coefficient (Wildman–Crippen LogP) is 2.83. The first-order valence-electron chi connectivity index (χ1n) is 7.18. The fourth-order valence-corrected chi connectivity index (χ4v) is 2.69. The molecule has 0 bridgehead atoms. The molecule has 0 spiro atoms. The summed E-state index contributed by atoms with van der Waals surface area (Å²) in [5.74, 6) is 0.000255. The minimum atomic E-state index is -0.656. The molecule has 1 fully saturated rings. The Hall–Kier alpha value is -1.35. The first-order chi connectivity index (χ1) is 9.01. The van der Waals surface area contributed by atoms with Crippen molar-refractivity contribution in [1.29, 1.82) is 0 Å². The molecule has 1 aromatic carbocycles. The number of carbonyl (C=O) groups excluding carboxylic acids is 1. The number of aryl methyl sites for hydroxylation is 1. The van der Waals surface area contributed by atoms with E-state index in [9.17, 15) is 4.79 Å². The fraction of sp³-hybridized carbons (Fsp3) is 0.562. The van der Waals surface area contributed by atoms with Crippen molar-refractivity contribution in [2.45, 2.75) is 57.5 Å². The van der Waals surface area contributed by atoms with E-state index in [4.69, 9.17) is 5.73 Å². The minimum Gasteiger partial charge on any atom is -0.348 e. The van der Waals surface area contributed by atoms with Crippen LogP contribution in [-0.2, 0) is 4.79 Å². The highest BCUT2D eigenvalue weighted by atomic mass is 16.2. The van der Waals surface area contributed by atoms with Crippen LogP contribution in [-0.4, -0.2) is 11.4 Å². The maximum Gasteiger partial charge on any atom is 0.240 e. The van der Waals surface area contributed by atoms with Gasteiger partial charge in [0.05, 0.1) is 11.6 Å². The van der Waals surface area contributed by atoms with E-state index in [0.29, 0.717) is 0 Å². The highest BCUT2D eigenvalue weighted by Gasteiger charge is 2.35. The fourth-order valence-electron chi connectivity index (χ4n) is 2.69. The zero-order valence-corrected chi connectivity index (χ0v) is 11.9. The lowest BCUT2D eigenvalue weighted by molar-refractivity contribution is -0.128. The monoisotopic (exact) mass is 260 g/mol. The number of carbonyl (C=O) groups is 1. The third-order valence-electron chi connectivity index (χ3n) is 4.12. The molecule has 3 N–H and O–H groups in total. The van der Waals surface area contributed by atoms with Gasteiger partial charge in [0.25, 0.3) is 0 Å². The molecule has 0 aliphatic heterocycles. The van der Waals surface area contributed by atoms with Crippen LogP contribution in [0.25, 0.3) is 0 Å². The largest absolute Gasteiger partial charge is 0.348 e. The number of nitrogens with two attached hydrogens (primary N) is 1. The highest BCUT2D eigenvalue weighted by Crippen LogP contribution is 2.27. The molecule has 104 valence electrons. The molecule has 1 aromatic rings. The molecule has 1 atom stereocenters. The van der Waals surface area contributed by atoms with Gasteiger partial charge in [0, 0.05) is 0 Å². The molecule has 2 rings (SSSR count). The normalized spacial score (nSPS) is 19.7. The van der Waals surface area contributed by atoms with Crippen LogP contribution in [0.4, 0.5) is 0 Å². The molecule has 1 amide bonds. The predicted molar refractivity (Wildman–Crippen MR) is 77.7 cm³/mol. The first-order valence-corrected chi connectivity index (χ1v) is 7.18. The van der Waals surface area contributed by atoms with E-state index >= 15 is 0 Å². The Kier molecular flexibility index (Phi) is 4.25. The summed E-state index contributed by atoms with van der Waals surface area (Å²) in [6.07, 6.45) is 4.92. The van der Waals surface area contributed by atoms with Gasteiger partial charge < -0.3 is 11.1 Å². The Bertz CT molecular complexity index is 433. The Morgan fingerprint density at radius 1 is 1.21 bits per heavy atom. The van der Waals surface area contributed by atoms with E-state index in [1.807, 2.05) is 6.92 Å². The van der Waals surface area contributed by atoms with E-state index in [1.54, 1.807) is 0 Å². The van der Waals surface area contributed by atoms with Gasteiger partial charge in [0.15, 0.2) is 0 Å². The lowest BCUT2D eigenvalue weighted by Crippen LogP contribution is -2.55. The zero-order valence-electron chi connectivity index (χ0n) is 11.9. The molecule has 1 aliphatic carbocycles. The Balaban J connectivity index is 2.00. The van der Waals surface area contributed by atoms with E-state index in [2.05, 4.69) is 36.5 Å². The summed E-state index contributed by atoms with van der Waals surface area (Å²) in [5, 5.41) is 3.06. The lowest BCUT2D eigenvalue weighted by atomic mass is 9.81. The van der Waals surface area contributed by atoms with Crippen LogP contribution in [0.2, 0.25) is 0 Å². The molecule has 0 saturated heterocycles. The maximum atomic E-state index is 12.3.